The Morgan fingerprint density at radius 2 is 2.45 bits per heavy atom. The Balaban J connectivity index is 2.84. The molecule has 1 rings (SSSR count). The zero-order chi connectivity index (χ0) is 8.48. The summed E-state index contributed by atoms with van der Waals surface area (Å²) in [6.45, 7) is 1.48. The van der Waals surface area contributed by atoms with Gasteiger partial charge in [-0.3, -0.25) is 4.79 Å². The summed E-state index contributed by atoms with van der Waals surface area (Å²) in [7, 11) is 0. The van der Waals surface area contributed by atoms with Crippen molar-refractivity contribution in [2.75, 3.05) is 0 Å². The van der Waals surface area contributed by atoms with Crippen molar-refractivity contribution >= 4 is 35.4 Å². The van der Waals surface area contributed by atoms with E-state index in [2.05, 4.69) is 4.29 Å². The first kappa shape index (κ1) is 8.62. The van der Waals surface area contributed by atoms with E-state index >= 15 is 0 Å². The average molecular weight is 193 g/mol. The smallest absolute Gasteiger partial charge is 0.346 e. The summed E-state index contributed by atoms with van der Waals surface area (Å²) in [5, 5.41) is 1.55. The molecule has 0 spiro atoms. The summed E-state index contributed by atoms with van der Waals surface area (Å²) in [6.07, 6.45) is 1.33. The van der Waals surface area contributed by atoms with Crippen molar-refractivity contribution < 1.29 is 13.9 Å². The first-order chi connectivity index (χ1) is 5.11. The van der Waals surface area contributed by atoms with Crippen LogP contribution in [0.1, 0.15) is 6.92 Å². The molecule has 1 aliphatic heterocycles. The number of rotatable bonds is 1. The maximum Gasteiger partial charge on any atom is 0.348 e. The molecule has 5 heteroatoms. The Morgan fingerprint density at radius 3 is 2.82 bits per heavy atom. The SMILES string of the molecule is C[C@@]1(C(=O)OCl)SC=CC1=O. The van der Waals surface area contributed by atoms with E-state index in [9.17, 15) is 9.59 Å². The molecule has 0 aromatic carbocycles. The predicted octanol–water partition coefficient (Wildman–Crippen LogP) is 1.27. The van der Waals surface area contributed by atoms with Crippen molar-refractivity contribution in [3.63, 3.8) is 0 Å². The predicted molar refractivity (Wildman–Crippen MR) is 42.1 cm³/mol. The minimum absolute atomic E-state index is 0.284. The molecule has 60 valence electrons. The van der Waals surface area contributed by atoms with Crippen molar-refractivity contribution in [1.82, 2.24) is 0 Å². The van der Waals surface area contributed by atoms with Gasteiger partial charge in [0.1, 0.15) is 11.9 Å². The molecular formula is C6H5ClO3S. The molecule has 0 saturated heterocycles. The Kier molecular flexibility index (Phi) is 2.25. The van der Waals surface area contributed by atoms with Gasteiger partial charge in [0, 0.05) is 0 Å². The number of allylic oxidation sites excluding steroid dienone is 1. The highest BCUT2D eigenvalue weighted by molar-refractivity contribution is 8.05. The van der Waals surface area contributed by atoms with Gasteiger partial charge in [0.05, 0.1) is 0 Å². The quantitative estimate of drug-likeness (QED) is 0.587. The first-order valence-corrected chi connectivity index (χ1v) is 4.02. The van der Waals surface area contributed by atoms with Crippen LogP contribution in [-0.2, 0) is 13.9 Å². The standard InChI is InChI=1S/C6H5ClO3S/c1-6(5(9)10-7)4(8)2-3-11-6/h2-3H,1H3/t6-/m1/s1. The summed E-state index contributed by atoms with van der Waals surface area (Å²) >= 11 is 5.94. The summed E-state index contributed by atoms with van der Waals surface area (Å²) in [6, 6.07) is 0. The Labute approximate surface area is 72.9 Å². The lowest BCUT2D eigenvalue weighted by atomic mass is 10.1. The van der Waals surface area contributed by atoms with E-state index in [1.807, 2.05) is 0 Å². The first-order valence-electron chi connectivity index (χ1n) is 2.83. The molecule has 11 heavy (non-hydrogen) atoms. The third kappa shape index (κ3) is 1.28. The van der Waals surface area contributed by atoms with Crippen LogP contribution in [0.15, 0.2) is 11.5 Å². The number of carbonyl (C=O) groups excluding carboxylic acids is 2. The van der Waals surface area contributed by atoms with Gasteiger partial charge in [-0.15, -0.1) is 11.8 Å². The van der Waals surface area contributed by atoms with Gasteiger partial charge in [-0.1, -0.05) is 0 Å². The molecule has 0 aromatic rings. The van der Waals surface area contributed by atoms with E-state index in [-0.39, 0.29) is 5.78 Å². The Hall–Kier alpha value is -0.480. The number of hydrogen-bond donors (Lipinski definition) is 0. The maximum atomic E-state index is 11.0. The van der Waals surface area contributed by atoms with Crippen LogP contribution in [0.3, 0.4) is 0 Å². The minimum atomic E-state index is -1.16. The monoisotopic (exact) mass is 192 g/mol. The third-order valence-electron chi connectivity index (χ3n) is 1.45. The van der Waals surface area contributed by atoms with Gasteiger partial charge in [0.25, 0.3) is 0 Å². The Bertz CT molecular complexity index is 238. The fraction of sp³-hybridized carbons (Fsp3) is 0.333. The highest BCUT2D eigenvalue weighted by atomic mass is 35.5. The molecule has 0 N–H and O–H groups in total. The zero-order valence-electron chi connectivity index (χ0n) is 5.67. The molecule has 1 atom stereocenters. The van der Waals surface area contributed by atoms with Crippen LogP contribution in [0, 0.1) is 0 Å². The number of thioether (sulfide) groups is 1. The lowest BCUT2D eigenvalue weighted by Crippen LogP contribution is -2.36. The molecule has 0 aliphatic carbocycles. The van der Waals surface area contributed by atoms with E-state index < -0.39 is 10.7 Å². The molecule has 0 radical (unpaired) electrons. The van der Waals surface area contributed by atoms with Crippen LogP contribution in [0.25, 0.3) is 0 Å². The van der Waals surface area contributed by atoms with Crippen LogP contribution in [0.2, 0.25) is 0 Å². The molecule has 0 fully saturated rings. The van der Waals surface area contributed by atoms with Crippen LogP contribution >= 0.6 is 23.6 Å². The van der Waals surface area contributed by atoms with Crippen LogP contribution < -0.4 is 0 Å². The molecule has 1 heterocycles. The summed E-state index contributed by atoms with van der Waals surface area (Å²) < 4.78 is 2.79. The van der Waals surface area contributed by atoms with Gasteiger partial charge < -0.3 is 4.29 Å². The molecular weight excluding hydrogens is 188 g/mol. The van der Waals surface area contributed by atoms with Crippen LogP contribution in [0.5, 0.6) is 0 Å². The highest BCUT2D eigenvalue weighted by Crippen LogP contribution is 2.34. The van der Waals surface area contributed by atoms with Crippen molar-refractivity contribution in [2.45, 2.75) is 11.7 Å². The number of carbonyl (C=O) groups is 2. The second kappa shape index (κ2) is 2.87. The Morgan fingerprint density at radius 1 is 1.82 bits per heavy atom. The largest absolute Gasteiger partial charge is 0.348 e. The molecule has 0 amide bonds. The lowest BCUT2D eigenvalue weighted by molar-refractivity contribution is -0.139. The zero-order valence-corrected chi connectivity index (χ0v) is 7.24. The molecule has 0 aromatic heterocycles. The van der Waals surface area contributed by atoms with E-state index in [1.165, 1.54) is 13.0 Å². The summed E-state index contributed by atoms with van der Waals surface area (Å²) in [4.78, 5) is 21.9. The van der Waals surface area contributed by atoms with Gasteiger partial charge in [-0.2, -0.15) is 0 Å². The van der Waals surface area contributed by atoms with Gasteiger partial charge >= 0.3 is 5.97 Å². The molecule has 0 bridgehead atoms. The number of hydrogen-bond acceptors (Lipinski definition) is 4. The minimum Gasteiger partial charge on any atom is -0.346 e. The third-order valence-corrected chi connectivity index (χ3v) is 2.70. The molecule has 3 nitrogen and oxygen atoms in total. The van der Waals surface area contributed by atoms with Gasteiger partial charge in [0.15, 0.2) is 10.5 Å². The summed E-state index contributed by atoms with van der Waals surface area (Å²) in [5.74, 6) is -1.01. The van der Waals surface area contributed by atoms with Crippen molar-refractivity contribution in [2.24, 2.45) is 0 Å². The van der Waals surface area contributed by atoms with E-state index in [0.717, 1.165) is 11.8 Å². The van der Waals surface area contributed by atoms with Crippen LogP contribution in [-0.4, -0.2) is 16.5 Å². The lowest BCUT2D eigenvalue weighted by Gasteiger charge is -2.14. The normalized spacial score (nSPS) is 29.1. The van der Waals surface area contributed by atoms with E-state index in [1.54, 1.807) is 5.41 Å². The van der Waals surface area contributed by atoms with E-state index in [0.29, 0.717) is 0 Å². The summed E-state index contributed by atoms with van der Waals surface area (Å²) in [5.41, 5.74) is 0. The van der Waals surface area contributed by atoms with Crippen LogP contribution in [0.4, 0.5) is 0 Å². The second-order valence-electron chi connectivity index (χ2n) is 2.18. The van der Waals surface area contributed by atoms with Gasteiger partial charge in [-0.05, 0) is 18.4 Å². The van der Waals surface area contributed by atoms with Gasteiger partial charge in [0.2, 0.25) is 0 Å². The number of halogens is 1. The molecule has 0 saturated carbocycles. The maximum absolute atomic E-state index is 11.0. The van der Waals surface area contributed by atoms with Crippen molar-refractivity contribution in [1.29, 1.82) is 0 Å². The average Bonchev–Trinajstić information content (AvgIpc) is 2.32. The van der Waals surface area contributed by atoms with E-state index in [4.69, 9.17) is 11.9 Å². The fourth-order valence-electron chi connectivity index (χ4n) is 0.671. The fourth-order valence-corrected chi connectivity index (χ4v) is 1.66. The number of ketones is 1. The second-order valence-corrected chi connectivity index (χ2v) is 3.66. The highest BCUT2D eigenvalue weighted by Gasteiger charge is 2.44. The van der Waals surface area contributed by atoms with Gasteiger partial charge in [-0.25, -0.2) is 4.79 Å². The molecule has 0 unspecified atom stereocenters. The topological polar surface area (TPSA) is 43.4 Å². The van der Waals surface area contributed by atoms with Crippen molar-refractivity contribution in [3.8, 4) is 0 Å². The van der Waals surface area contributed by atoms with Crippen molar-refractivity contribution in [3.05, 3.63) is 11.5 Å². The molecule has 1 aliphatic rings.